The van der Waals surface area contributed by atoms with Crippen molar-refractivity contribution < 1.29 is 40.6 Å². The first-order chi connectivity index (χ1) is 16.1. The third-order valence-electron chi connectivity index (χ3n) is 5.79. The number of hydrogen-bond acceptors (Lipinski definition) is 5. The van der Waals surface area contributed by atoms with Crippen LogP contribution < -0.4 is 15.0 Å². The van der Waals surface area contributed by atoms with Crippen LogP contribution in [0.4, 0.5) is 28.9 Å². The van der Waals surface area contributed by atoms with E-state index in [4.69, 9.17) is 0 Å². The van der Waals surface area contributed by atoms with Crippen molar-refractivity contribution in [2.45, 2.75) is 51.4 Å². The van der Waals surface area contributed by atoms with Gasteiger partial charge in [0.2, 0.25) is 5.91 Å². The molecule has 35 heavy (non-hydrogen) atoms. The summed E-state index contributed by atoms with van der Waals surface area (Å²) in [7, 11) is 0. The third-order valence-corrected chi connectivity index (χ3v) is 6.67. The maximum absolute atomic E-state index is 15.4. The number of halogens is 4. The fourth-order valence-corrected chi connectivity index (χ4v) is 4.56. The molecule has 190 valence electrons. The lowest BCUT2D eigenvalue weighted by Crippen LogP contribution is -2.49. The lowest BCUT2D eigenvalue weighted by Gasteiger charge is -2.28. The highest BCUT2D eigenvalue weighted by molar-refractivity contribution is 7.79. The van der Waals surface area contributed by atoms with Crippen LogP contribution in [0.3, 0.4) is 0 Å². The van der Waals surface area contributed by atoms with Crippen molar-refractivity contribution in [2.75, 3.05) is 10.7 Å². The summed E-state index contributed by atoms with van der Waals surface area (Å²) in [6.07, 6.45) is -2.78. The molecule has 2 N–H and O–H groups in total. The summed E-state index contributed by atoms with van der Waals surface area (Å²) in [5.41, 5.74) is -2.75. The maximum atomic E-state index is 15.4. The monoisotopic (exact) mass is 517 g/mol. The van der Waals surface area contributed by atoms with Crippen LogP contribution in [-0.4, -0.2) is 43.2 Å². The van der Waals surface area contributed by atoms with Crippen LogP contribution in [0.15, 0.2) is 30.6 Å². The van der Waals surface area contributed by atoms with Gasteiger partial charge in [-0.3, -0.25) is 19.5 Å². The number of nitrogens with zero attached hydrogens (tertiary/aromatic N) is 2. The largest absolute Gasteiger partial charge is 0.573 e. The van der Waals surface area contributed by atoms with E-state index in [9.17, 15) is 31.5 Å². The molecule has 0 saturated heterocycles. The molecule has 0 saturated carbocycles. The number of hydrogen-bond donors (Lipinski definition) is 2. The number of carbonyl (C=O) groups excluding carboxylic acids is 2. The Balaban J connectivity index is 2.04. The van der Waals surface area contributed by atoms with Crippen LogP contribution >= 0.6 is 0 Å². The number of rotatable bonds is 7. The average Bonchev–Trinajstić information content (AvgIpc) is 2.93. The van der Waals surface area contributed by atoms with Gasteiger partial charge in [-0.1, -0.05) is 6.92 Å². The normalized spacial score (nSPS) is 17.5. The summed E-state index contributed by atoms with van der Waals surface area (Å²) < 4.78 is 77.6. The molecule has 2 aromatic rings. The predicted octanol–water partition coefficient (Wildman–Crippen LogP) is 4.20. The van der Waals surface area contributed by atoms with E-state index in [2.05, 4.69) is 15.0 Å². The number of aromatic nitrogens is 1. The predicted molar refractivity (Wildman–Crippen MR) is 119 cm³/mol. The second-order valence-corrected chi connectivity index (χ2v) is 9.81. The van der Waals surface area contributed by atoms with Crippen LogP contribution in [0.1, 0.15) is 50.0 Å². The lowest BCUT2D eigenvalue weighted by atomic mass is 9.85. The first kappa shape index (κ1) is 26.5. The zero-order chi connectivity index (χ0) is 26.3. The van der Waals surface area contributed by atoms with Crippen LogP contribution in [0.2, 0.25) is 0 Å². The first-order valence-electron chi connectivity index (χ1n) is 10.4. The summed E-state index contributed by atoms with van der Waals surface area (Å²) in [5.74, 6) is -3.26. The van der Waals surface area contributed by atoms with Gasteiger partial charge in [0.25, 0.3) is 5.91 Å². The zero-order valence-corrected chi connectivity index (χ0v) is 20.0. The van der Waals surface area contributed by atoms with Gasteiger partial charge in [0.1, 0.15) is 11.6 Å². The maximum Gasteiger partial charge on any atom is 0.573 e. The van der Waals surface area contributed by atoms with Crippen LogP contribution in [0.25, 0.3) is 0 Å². The molecule has 2 amide bonds. The fraction of sp³-hybridized carbons (Fsp3) is 0.409. The van der Waals surface area contributed by atoms with E-state index in [-0.39, 0.29) is 28.3 Å². The van der Waals surface area contributed by atoms with E-state index in [1.54, 1.807) is 13.8 Å². The molecule has 0 fully saturated rings. The molecule has 1 aromatic carbocycles. The Hall–Kier alpha value is -3.06. The Kier molecular flexibility index (Phi) is 6.97. The van der Waals surface area contributed by atoms with E-state index >= 15 is 4.39 Å². The molecule has 0 aliphatic carbocycles. The number of fused-ring (bicyclic) bond motifs is 1. The Morgan fingerprint density at radius 1 is 1.26 bits per heavy atom. The standard InChI is InChI=1S/C22H23F4N3O5S/c1-5-21(4,11-35(32)33)28-18(30)12-6-15-17(16(23)7-12)29(19(31)20(15,2)3)13-8-14(10-27-9-13)34-22(24,25)26/h6-10H,5,11H2,1-4H3,(H,28,30)(H,32,33). The number of amides is 2. The Bertz CT molecular complexity index is 1200. The summed E-state index contributed by atoms with van der Waals surface area (Å²) in [6, 6.07) is 3.12. The number of carbonyl (C=O) groups is 2. The van der Waals surface area contributed by atoms with Crippen molar-refractivity contribution >= 4 is 34.3 Å². The number of pyridine rings is 1. The highest BCUT2D eigenvalue weighted by atomic mass is 32.2. The van der Waals surface area contributed by atoms with Gasteiger partial charge in [0, 0.05) is 11.6 Å². The number of nitrogens with one attached hydrogen (secondary N) is 1. The van der Waals surface area contributed by atoms with Crippen LogP contribution in [0.5, 0.6) is 5.75 Å². The number of ether oxygens (including phenoxy) is 1. The Morgan fingerprint density at radius 2 is 1.91 bits per heavy atom. The molecule has 1 aromatic heterocycles. The molecule has 2 heterocycles. The molecule has 1 aliphatic rings. The van der Waals surface area contributed by atoms with E-state index < -0.39 is 51.8 Å². The average molecular weight is 518 g/mol. The molecule has 13 heteroatoms. The molecule has 0 radical (unpaired) electrons. The van der Waals surface area contributed by atoms with Crippen LogP contribution in [-0.2, 0) is 21.3 Å². The second kappa shape index (κ2) is 9.19. The number of benzene rings is 1. The molecule has 2 unspecified atom stereocenters. The minimum atomic E-state index is -4.99. The number of anilines is 2. The van der Waals surface area contributed by atoms with Gasteiger partial charge in [0.05, 0.1) is 40.5 Å². The molecular weight excluding hydrogens is 494 g/mol. The zero-order valence-electron chi connectivity index (χ0n) is 19.2. The van der Waals surface area contributed by atoms with Crippen molar-refractivity contribution in [3.8, 4) is 5.75 Å². The minimum absolute atomic E-state index is 0.125. The van der Waals surface area contributed by atoms with Crippen molar-refractivity contribution in [3.63, 3.8) is 0 Å². The highest BCUT2D eigenvalue weighted by Crippen LogP contribution is 2.47. The van der Waals surface area contributed by atoms with Gasteiger partial charge < -0.3 is 14.6 Å². The quantitative estimate of drug-likeness (QED) is 0.421. The molecule has 8 nitrogen and oxygen atoms in total. The highest BCUT2D eigenvalue weighted by Gasteiger charge is 2.47. The molecule has 3 rings (SSSR count). The smallest absolute Gasteiger partial charge is 0.404 e. The van der Waals surface area contributed by atoms with E-state index in [1.165, 1.54) is 19.9 Å². The van der Waals surface area contributed by atoms with E-state index in [1.807, 2.05) is 0 Å². The third kappa shape index (κ3) is 5.45. The van der Waals surface area contributed by atoms with Gasteiger partial charge in [-0.05, 0) is 44.9 Å². The first-order valence-corrected chi connectivity index (χ1v) is 11.6. The van der Waals surface area contributed by atoms with Gasteiger partial charge in [-0.2, -0.15) is 0 Å². The Labute approximate surface area is 201 Å². The molecular formula is C22H23F4N3O5S. The topological polar surface area (TPSA) is 109 Å². The van der Waals surface area contributed by atoms with Gasteiger partial charge in [-0.15, -0.1) is 13.2 Å². The summed E-state index contributed by atoms with van der Waals surface area (Å²) >= 11 is -2.19. The molecule has 0 bridgehead atoms. The van der Waals surface area contributed by atoms with Crippen molar-refractivity contribution in [1.82, 2.24) is 10.3 Å². The van der Waals surface area contributed by atoms with Gasteiger partial charge in [0.15, 0.2) is 11.1 Å². The van der Waals surface area contributed by atoms with Crippen LogP contribution in [0, 0.1) is 5.82 Å². The lowest BCUT2D eigenvalue weighted by molar-refractivity contribution is -0.274. The van der Waals surface area contributed by atoms with E-state index in [0.29, 0.717) is 6.42 Å². The van der Waals surface area contributed by atoms with Crippen molar-refractivity contribution in [3.05, 3.63) is 47.5 Å². The Morgan fingerprint density at radius 3 is 2.49 bits per heavy atom. The van der Waals surface area contributed by atoms with E-state index in [0.717, 1.165) is 29.4 Å². The number of alkyl halides is 3. The summed E-state index contributed by atoms with van der Waals surface area (Å²) in [5, 5.41) is 2.63. The minimum Gasteiger partial charge on any atom is -0.404 e. The van der Waals surface area contributed by atoms with Crippen molar-refractivity contribution in [2.24, 2.45) is 0 Å². The molecule has 0 spiro atoms. The fourth-order valence-electron chi connectivity index (χ4n) is 3.74. The second-order valence-electron chi connectivity index (χ2n) is 8.88. The molecule has 2 atom stereocenters. The summed E-state index contributed by atoms with van der Waals surface area (Å²) in [6.45, 7) is 6.26. The van der Waals surface area contributed by atoms with Gasteiger partial charge >= 0.3 is 6.36 Å². The van der Waals surface area contributed by atoms with Gasteiger partial charge in [-0.25, -0.2) is 8.60 Å². The van der Waals surface area contributed by atoms with Crippen molar-refractivity contribution in [1.29, 1.82) is 0 Å². The molecule has 1 aliphatic heterocycles. The summed E-state index contributed by atoms with van der Waals surface area (Å²) in [4.78, 5) is 30.7. The SMILES string of the molecule is CCC(C)(CS(=O)O)NC(=O)c1cc(F)c2c(c1)C(C)(C)C(=O)N2c1cncc(OC(F)(F)F)c1.